The number of hydrogen-bond donors (Lipinski definition) is 1. The molecule has 1 fully saturated rings. The van der Waals surface area contributed by atoms with Gasteiger partial charge in [0.2, 0.25) is 0 Å². The van der Waals surface area contributed by atoms with Crippen LogP contribution in [0.1, 0.15) is 30.4 Å². The van der Waals surface area contributed by atoms with Crippen molar-refractivity contribution in [1.29, 1.82) is 0 Å². The lowest BCUT2D eigenvalue weighted by Crippen LogP contribution is -2.42. The van der Waals surface area contributed by atoms with Crippen LogP contribution >= 0.6 is 0 Å². The maximum atomic E-state index is 12.5. The number of hydrogen-bond acceptors (Lipinski definition) is 2. The SMILES string of the molecule is CNC(Cc1ccc(C(F)(F)F)cc1)C1CCCCO1. The van der Waals surface area contributed by atoms with Gasteiger partial charge < -0.3 is 10.1 Å². The molecule has 0 amide bonds. The van der Waals surface area contributed by atoms with Crippen molar-refractivity contribution in [1.82, 2.24) is 5.32 Å². The Morgan fingerprint density at radius 2 is 1.95 bits per heavy atom. The van der Waals surface area contributed by atoms with E-state index >= 15 is 0 Å². The summed E-state index contributed by atoms with van der Waals surface area (Å²) in [6.07, 6.45) is -0.196. The van der Waals surface area contributed by atoms with E-state index in [1.807, 2.05) is 7.05 Å². The number of likely N-dealkylation sites (N-methyl/N-ethyl adjacent to an activating group) is 1. The zero-order chi connectivity index (χ0) is 14.6. The summed E-state index contributed by atoms with van der Waals surface area (Å²) in [4.78, 5) is 0. The summed E-state index contributed by atoms with van der Waals surface area (Å²) in [6, 6.07) is 5.53. The zero-order valence-corrected chi connectivity index (χ0v) is 11.5. The quantitative estimate of drug-likeness (QED) is 0.916. The Morgan fingerprint density at radius 1 is 1.25 bits per heavy atom. The van der Waals surface area contributed by atoms with Crippen LogP contribution in [0.5, 0.6) is 0 Å². The average molecular weight is 287 g/mol. The van der Waals surface area contributed by atoms with E-state index in [2.05, 4.69) is 5.32 Å². The van der Waals surface area contributed by atoms with Crippen molar-refractivity contribution in [2.45, 2.75) is 44.0 Å². The Hall–Kier alpha value is -1.07. The molecule has 112 valence electrons. The number of benzene rings is 1. The Balaban J connectivity index is 2.00. The highest BCUT2D eigenvalue weighted by atomic mass is 19.4. The third-order valence-electron chi connectivity index (χ3n) is 3.77. The molecule has 1 heterocycles. The maximum Gasteiger partial charge on any atom is 0.416 e. The molecular formula is C15H20F3NO. The van der Waals surface area contributed by atoms with E-state index in [1.54, 1.807) is 12.1 Å². The van der Waals surface area contributed by atoms with Crippen LogP contribution in [-0.2, 0) is 17.3 Å². The molecule has 1 N–H and O–H groups in total. The maximum absolute atomic E-state index is 12.5. The van der Waals surface area contributed by atoms with Crippen molar-refractivity contribution in [2.24, 2.45) is 0 Å². The second kappa shape index (κ2) is 6.59. The van der Waals surface area contributed by atoms with Crippen LogP contribution in [0.25, 0.3) is 0 Å². The molecule has 2 rings (SSSR count). The molecule has 1 aliphatic rings. The molecule has 2 unspecified atom stereocenters. The predicted octanol–water partition coefficient (Wildman–Crippen LogP) is 3.41. The minimum Gasteiger partial charge on any atom is -0.377 e. The molecule has 1 aromatic rings. The van der Waals surface area contributed by atoms with Gasteiger partial charge in [0.25, 0.3) is 0 Å². The summed E-state index contributed by atoms with van der Waals surface area (Å²) in [5.74, 6) is 0. The molecule has 5 heteroatoms. The van der Waals surface area contributed by atoms with Gasteiger partial charge in [0.1, 0.15) is 0 Å². The predicted molar refractivity (Wildman–Crippen MR) is 71.6 cm³/mol. The third kappa shape index (κ3) is 3.96. The standard InChI is InChI=1S/C15H20F3NO/c1-19-13(14-4-2-3-9-20-14)10-11-5-7-12(8-6-11)15(16,17)18/h5-8,13-14,19H,2-4,9-10H2,1H3. The Labute approximate surface area is 117 Å². The van der Waals surface area contributed by atoms with Gasteiger partial charge in [0, 0.05) is 12.6 Å². The van der Waals surface area contributed by atoms with Gasteiger partial charge in [-0.3, -0.25) is 0 Å². The monoisotopic (exact) mass is 287 g/mol. The molecule has 0 bridgehead atoms. The number of ether oxygens (including phenoxy) is 1. The van der Waals surface area contributed by atoms with Crippen molar-refractivity contribution in [3.05, 3.63) is 35.4 Å². The normalized spacial score (nSPS) is 21.7. The van der Waals surface area contributed by atoms with E-state index in [0.29, 0.717) is 6.42 Å². The minimum atomic E-state index is -4.27. The van der Waals surface area contributed by atoms with Gasteiger partial charge >= 0.3 is 6.18 Å². The fourth-order valence-electron chi connectivity index (χ4n) is 2.59. The number of rotatable bonds is 4. The van der Waals surface area contributed by atoms with E-state index in [-0.39, 0.29) is 12.1 Å². The summed E-state index contributed by atoms with van der Waals surface area (Å²) in [5, 5.41) is 3.22. The molecule has 20 heavy (non-hydrogen) atoms. The molecule has 2 nitrogen and oxygen atoms in total. The first-order chi connectivity index (χ1) is 9.50. The third-order valence-corrected chi connectivity index (χ3v) is 3.77. The van der Waals surface area contributed by atoms with E-state index in [1.165, 1.54) is 0 Å². The van der Waals surface area contributed by atoms with Gasteiger partial charge in [-0.1, -0.05) is 12.1 Å². The Bertz CT molecular complexity index is 410. The summed E-state index contributed by atoms with van der Waals surface area (Å²) in [5.41, 5.74) is 0.294. The summed E-state index contributed by atoms with van der Waals surface area (Å²) in [7, 11) is 1.87. The molecule has 1 aliphatic heterocycles. The second-order valence-electron chi connectivity index (χ2n) is 5.20. The van der Waals surface area contributed by atoms with Crippen LogP contribution in [0.3, 0.4) is 0 Å². The van der Waals surface area contributed by atoms with E-state index in [9.17, 15) is 13.2 Å². The van der Waals surface area contributed by atoms with Gasteiger partial charge in [0.15, 0.2) is 0 Å². The summed E-state index contributed by atoms with van der Waals surface area (Å²) in [6.45, 7) is 0.774. The smallest absolute Gasteiger partial charge is 0.377 e. The summed E-state index contributed by atoms with van der Waals surface area (Å²) < 4.78 is 43.3. The first kappa shape index (κ1) is 15.3. The van der Waals surface area contributed by atoms with Crippen molar-refractivity contribution in [2.75, 3.05) is 13.7 Å². The van der Waals surface area contributed by atoms with Crippen molar-refractivity contribution < 1.29 is 17.9 Å². The van der Waals surface area contributed by atoms with Gasteiger partial charge in [-0.2, -0.15) is 13.2 Å². The minimum absolute atomic E-state index is 0.145. The molecule has 1 saturated heterocycles. The lowest BCUT2D eigenvalue weighted by Gasteiger charge is -2.30. The molecular weight excluding hydrogens is 267 g/mol. The van der Waals surface area contributed by atoms with E-state index in [0.717, 1.165) is 43.6 Å². The second-order valence-corrected chi connectivity index (χ2v) is 5.20. The first-order valence-corrected chi connectivity index (χ1v) is 6.95. The highest BCUT2D eigenvalue weighted by molar-refractivity contribution is 5.25. The average Bonchev–Trinajstić information content (AvgIpc) is 2.45. The van der Waals surface area contributed by atoms with Crippen LogP contribution < -0.4 is 5.32 Å². The first-order valence-electron chi connectivity index (χ1n) is 6.95. The molecule has 2 atom stereocenters. The van der Waals surface area contributed by atoms with Gasteiger partial charge in [-0.25, -0.2) is 0 Å². The van der Waals surface area contributed by atoms with Crippen molar-refractivity contribution in [3.8, 4) is 0 Å². The number of nitrogens with one attached hydrogen (secondary N) is 1. The molecule has 0 aromatic heterocycles. The Morgan fingerprint density at radius 3 is 2.45 bits per heavy atom. The largest absolute Gasteiger partial charge is 0.416 e. The fourth-order valence-corrected chi connectivity index (χ4v) is 2.59. The lowest BCUT2D eigenvalue weighted by molar-refractivity contribution is -0.137. The lowest BCUT2D eigenvalue weighted by atomic mass is 9.95. The molecule has 0 aliphatic carbocycles. The van der Waals surface area contributed by atoms with Gasteiger partial charge in [-0.05, 0) is 50.4 Å². The zero-order valence-electron chi connectivity index (χ0n) is 11.5. The van der Waals surface area contributed by atoms with Crippen LogP contribution in [-0.4, -0.2) is 25.8 Å². The van der Waals surface area contributed by atoms with Crippen LogP contribution in [0.2, 0.25) is 0 Å². The van der Waals surface area contributed by atoms with Crippen molar-refractivity contribution in [3.63, 3.8) is 0 Å². The van der Waals surface area contributed by atoms with Gasteiger partial charge in [-0.15, -0.1) is 0 Å². The fraction of sp³-hybridized carbons (Fsp3) is 0.600. The molecule has 0 saturated carbocycles. The Kier molecular flexibility index (Phi) is 5.05. The summed E-state index contributed by atoms with van der Waals surface area (Å²) >= 11 is 0. The number of alkyl halides is 3. The van der Waals surface area contributed by atoms with Crippen LogP contribution in [0.4, 0.5) is 13.2 Å². The van der Waals surface area contributed by atoms with Crippen molar-refractivity contribution >= 4 is 0 Å². The topological polar surface area (TPSA) is 21.3 Å². The number of halogens is 3. The van der Waals surface area contributed by atoms with Crippen LogP contribution in [0, 0.1) is 0 Å². The van der Waals surface area contributed by atoms with E-state index in [4.69, 9.17) is 4.74 Å². The van der Waals surface area contributed by atoms with Crippen LogP contribution in [0.15, 0.2) is 24.3 Å². The molecule has 0 spiro atoms. The highest BCUT2D eigenvalue weighted by Crippen LogP contribution is 2.29. The highest BCUT2D eigenvalue weighted by Gasteiger charge is 2.30. The molecule has 1 aromatic carbocycles. The van der Waals surface area contributed by atoms with Gasteiger partial charge in [0.05, 0.1) is 11.7 Å². The van der Waals surface area contributed by atoms with E-state index < -0.39 is 11.7 Å². The molecule has 0 radical (unpaired) electrons.